The third-order valence-electron chi connectivity index (χ3n) is 2.61. The summed E-state index contributed by atoms with van der Waals surface area (Å²) in [4.78, 5) is 23.4. The molecule has 0 aliphatic rings. The number of nitrogens with one attached hydrogen (secondary N) is 1. The van der Waals surface area contributed by atoms with E-state index in [9.17, 15) is 9.59 Å². The Labute approximate surface area is 125 Å². The summed E-state index contributed by atoms with van der Waals surface area (Å²) in [7, 11) is 4.23. The minimum absolute atomic E-state index is 0.317. The van der Waals surface area contributed by atoms with Gasteiger partial charge < -0.3 is 19.5 Å². The number of carbonyl (C=O) groups excluding carboxylic acids is 2. The van der Waals surface area contributed by atoms with E-state index in [2.05, 4.69) is 26.0 Å². The molecule has 1 rings (SSSR count). The summed E-state index contributed by atoms with van der Waals surface area (Å²) in [6.45, 7) is 1.54. The maximum absolute atomic E-state index is 12.1. The van der Waals surface area contributed by atoms with E-state index in [-0.39, 0.29) is 0 Å². The van der Waals surface area contributed by atoms with Gasteiger partial charge in [0.2, 0.25) is 0 Å². The second-order valence-corrected chi connectivity index (χ2v) is 4.71. The van der Waals surface area contributed by atoms with Gasteiger partial charge in [-0.05, 0) is 35.0 Å². The number of hydrogen-bond donors (Lipinski definition) is 1. The number of methoxy groups -OCH3 is 3. The minimum Gasteiger partial charge on any atom is -0.495 e. The Bertz CT molecular complexity index is 492. The quantitative estimate of drug-likeness (QED) is 0.823. The molecule has 0 heterocycles. The third-order valence-corrected chi connectivity index (χ3v) is 3.39. The van der Waals surface area contributed by atoms with E-state index in [1.807, 2.05) is 0 Å². The summed E-state index contributed by atoms with van der Waals surface area (Å²) in [5, 5.41) is 2.53. The Morgan fingerprint density at radius 3 is 2.05 bits per heavy atom. The van der Waals surface area contributed by atoms with Gasteiger partial charge in [0.1, 0.15) is 22.0 Å². The maximum atomic E-state index is 12.1. The van der Waals surface area contributed by atoms with Gasteiger partial charge in [-0.1, -0.05) is 0 Å². The maximum Gasteiger partial charge on any atom is 0.328 e. The van der Waals surface area contributed by atoms with Gasteiger partial charge in [0.05, 0.1) is 21.3 Å². The van der Waals surface area contributed by atoms with Crippen molar-refractivity contribution >= 4 is 27.8 Å². The van der Waals surface area contributed by atoms with Crippen molar-refractivity contribution < 1.29 is 23.8 Å². The SMILES string of the molecule is COC(=O)C(C)NC(=O)c1cc(OC)c(Br)c(OC)c1. The van der Waals surface area contributed by atoms with Crippen molar-refractivity contribution in [3.05, 3.63) is 22.2 Å². The van der Waals surface area contributed by atoms with E-state index in [0.29, 0.717) is 21.5 Å². The van der Waals surface area contributed by atoms with Gasteiger partial charge in [0.15, 0.2) is 0 Å². The summed E-state index contributed by atoms with van der Waals surface area (Å²) >= 11 is 3.31. The molecule has 0 saturated carbocycles. The first kappa shape index (κ1) is 16.3. The predicted molar refractivity (Wildman–Crippen MR) is 76.2 cm³/mol. The number of carbonyl (C=O) groups is 2. The minimum atomic E-state index is -0.742. The monoisotopic (exact) mass is 345 g/mol. The first-order chi connectivity index (χ1) is 9.44. The zero-order valence-corrected chi connectivity index (χ0v) is 13.2. The van der Waals surface area contributed by atoms with Crippen LogP contribution in [0.1, 0.15) is 17.3 Å². The van der Waals surface area contributed by atoms with Crippen molar-refractivity contribution in [2.24, 2.45) is 0 Å². The highest BCUT2D eigenvalue weighted by Crippen LogP contribution is 2.35. The van der Waals surface area contributed by atoms with Gasteiger partial charge >= 0.3 is 5.97 Å². The van der Waals surface area contributed by atoms with Crippen LogP contribution in [0.15, 0.2) is 16.6 Å². The Morgan fingerprint density at radius 1 is 1.15 bits per heavy atom. The smallest absolute Gasteiger partial charge is 0.328 e. The van der Waals surface area contributed by atoms with Crippen LogP contribution in [0.4, 0.5) is 0 Å². The number of amides is 1. The van der Waals surface area contributed by atoms with Crippen molar-refractivity contribution in [3.8, 4) is 11.5 Å². The summed E-state index contributed by atoms with van der Waals surface area (Å²) in [5.41, 5.74) is 0.317. The molecule has 1 aromatic carbocycles. The summed E-state index contributed by atoms with van der Waals surface area (Å²) in [6.07, 6.45) is 0. The molecule has 0 bridgehead atoms. The summed E-state index contributed by atoms with van der Waals surface area (Å²) in [5.74, 6) is -0.0261. The van der Waals surface area contributed by atoms with E-state index in [1.165, 1.54) is 28.3 Å². The second-order valence-electron chi connectivity index (χ2n) is 3.91. The van der Waals surface area contributed by atoms with Crippen LogP contribution in [-0.4, -0.2) is 39.2 Å². The lowest BCUT2D eigenvalue weighted by Gasteiger charge is -2.14. The molecule has 1 N–H and O–H groups in total. The number of rotatable bonds is 5. The Kier molecular flexibility index (Phi) is 5.82. The molecular formula is C13H16BrNO5. The highest BCUT2D eigenvalue weighted by Gasteiger charge is 2.19. The molecule has 0 aromatic heterocycles. The number of hydrogen-bond acceptors (Lipinski definition) is 5. The first-order valence-corrected chi connectivity index (χ1v) is 6.54. The first-order valence-electron chi connectivity index (χ1n) is 5.74. The van der Waals surface area contributed by atoms with Gasteiger partial charge in [-0.2, -0.15) is 0 Å². The Morgan fingerprint density at radius 2 is 1.65 bits per heavy atom. The van der Waals surface area contributed by atoms with Crippen LogP contribution < -0.4 is 14.8 Å². The number of benzene rings is 1. The molecule has 1 amide bonds. The predicted octanol–water partition coefficient (Wildman–Crippen LogP) is 1.76. The summed E-state index contributed by atoms with van der Waals surface area (Å²) in [6, 6.07) is 2.35. The molecule has 0 fully saturated rings. The van der Waals surface area contributed by atoms with E-state index in [4.69, 9.17) is 9.47 Å². The van der Waals surface area contributed by atoms with Crippen molar-refractivity contribution in [3.63, 3.8) is 0 Å². The zero-order chi connectivity index (χ0) is 15.3. The van der Waals surface area contributed by atoms with E-state index >= 15 is 0 Å². The number of ether oxygens (including phenoxy) is 3. The highest BCUT2D eigenvalue weighted by atomic mass is 79.9. The highest BCUT2D eigenvalue weighted by molar-refractivity contribution is 9.10. The molecular weight excluding hydrogens is 330 g/mol. The van der Waals surface area contributed by atoms with Gasteiger partial charge in [0.25, 0.3) is 5.91 Å². The topological polar surface area (TPSA) is 73.9 Å². The van der Waals surface area contributed by atoms with E-state index < -0.39 is 17.9 Å². The average Bonchev–Trinajstić information content (AvgIpc) is 2.46. The number of halogens is 1. The second kappa shape index (κ2) is 7.14. The number of esters is 1. The van der Waals surface area contributed by atoms with Crippen molar-refractivity contribution in [1.82, 2.24) is 5.32 Å². The fourth-order valence-electron chi connectivity index (χ4n) is 1.52. The Balaban J connectivity index is 3.01. The van der Waals surface area contributed by atoms with Gasteiger partial charge in [-0.25, -0.2) is 4.79 Å². The zero-order valence-electron chi connectivity index (χ0n) is 11.7. The standard InChI is InChI=1S/C13H16BrNO5/c1-7(13(17)20-4)15-12(16)8-5-9(18-2)11(14)10(6-8)19-3/h5-7H,1-4H3,(H,15,16). The van der Waals surface area contributed by atoms with E-state index in [1.54, 1.807) is 12.1 Å². The fourth-order valence-corrected chi connectivity index (χ4v) is 2.07. The summed E-state index contributed by atoms with van der Waals surface area (Å²) < 4.78 is 15.5. The largest absolute Gasteiger partial charge is 0.495 e. The average molecular weight is 346 g/mol. The molecule has 6 nitrogen and oxygen atoms in total. The Hall–Kier alpha value is -1.76. The molecule has 1 atom stereocenters. The molecule has 110 valence electrons. The molecule has 7 heteroatoms. The third kappa shape index (κ3) is 3.63. The lowest BCUT2D eigenvalue weighted by atomic mass is 10.1. The van der Waals surface area contributed by atoms with E-state index in [0.717, 1.165) is 0 Å². The van der Waals surface area contributed by atoms with Crippen LogP contribution in [0.5, 0.6) is 11.5 Å². The molecule has 1 aromatic rings. The van der Waals surface area contributed by atoms with Gasteiger partial charge in [-0.3, -0.25) is 4.79 Å². The van der Waals surface area contributed by atoms with Crippen molar-refractivity contribution in [1.29, 1.82) is 0 Å². The van der Waals surface area contributed by atoms with Crippen molar-refractivity contribution in [2.45, 2.75) is 13.0 Å². The van der Waals surface area contributed by atoms with Crippen LogP contribution in [0.25, 0.3) is 0 Å². The van der Waals surface area contributed by atoms with Crippen LogP contribution in [0.2, 0.25) is 0 Å². The molecule has 0 aliphatic carbocycles. The molecule has 0 spiro atoms. The van der Waals surface area contributed by atoms with Crippen LogP contribution >= 0.6 is 15.9 Å². The lowest BCUT2D eigenvalue weighted by Crippen LogP contribution is -2.39. The molecule has 0 saturated heterocycles. The van der Waals surface area contributed by atoms with Crippen LogP contribution in [0, 0.1) is 0 Å². The van der Waals surface area contributed by atoms with Crippen LogP contribution in [-0.2, 0) is 9.53 Å². The molecule has 1 unspecified atom stereocenters. The molecule has 0 aliphatic heterocycles. The molecule has 0 radical (unpaired) electrons. The van der Waals surface area contributed by atoms with Gasteiger partial charge in [-0.15, -0.1) is 0 Å². The fraction of sp³-hybridized carbons (Fsp3) is 0.385. The molecule has 20 heavy (non-hydrogen) atoms. The van der Waals surface area contributed by atoms with Gasteiger partial charge in [0, 0.05) is 5.56 Å². The van der Waals surface area contributed by atoms with Crippen LogP contribution in [0.3, 0.4) is 0 Å². The van der Waals surface area contributed by atoms with Crippen molar-refractivity contribution in [2.75, 3.05) is 21.3 Å². The lowest BCUT2D eigenvalue weighted by molar-refractivity contribution is -0.142. The normalized spacial score (nSPS) is 11.4.